The molecule has 2 heterocycles. The van der Waals surface area contributed by atoms with Gasteiger partial charge in [-0.3, -0.25) is 0 Å². The molecule has 0 amide bonds. The lowest BCUT2D eigenvalue weighted by atomic mass is 10.0. The van der Waals surface area contributed by atoms with Gasteiger partial charge in [-0.2, -0.15) is 0 Å². The summed E-state index contributed by atoms with van der Waals surface area (Å²) in [4.78, 5) is 9.72. The van der Waals surface area contributed by atoms with Gasteiger partial charge in [-0.1, -0.05) is 78.9 Å². The van der Waals surface area contributed by atoms with Crippen LogP contribution in [0.5, 0.6) is 0 Å². The van der Waals surface area contributed by atoms with E-state index >= 15 is 0 Å². The van der Waals surface area contributed by atoms with E-state index in [1.165, 1.54) is 11.1 Å². The summed E-state index contributed by atoms with van der Waals surface area (Å²) >= 11 is 0. The van der Waals surface area contributed by atoms with E-state index in [2.05, 4.69) is 60.7 Å². The van der Waals surface area contributed by atoms with Crippen molar-refractivity contribution in [3.63, 3.8) is 0 Å². The van der Waals surface area contributed by atoms with Crippen LogP contribution in [0, 0.1) is 6.92 Å². The Hall–Kier alpha value is -4.24. The van der Waals surface area contributed by atoms with Crippen molar-refractivity contribution in [2.75, 3.05) is 0 Å². The minimum absolute atomic E-state index is 0.676. The summed E-state index contributed by atoms with van der Waals surface area (Å²) in [5.41, 5.74) is 7.84. The van der Waals surface area contributed by atoms with Crippen molar-refractivity contribution in [3.05, 3.63) is 109 Å². The molecule has 0 spiro atoms. The average molecular weight is 412 g/mol. The third-order valence-corrected chi connectivity index (χ3v) is 5.76. The summed E-state index contributed by atoms with van der Waals surface area (Å²) in [6, 6.07) is 35.2. The minimum Gasteiger partial charge on any atom is -0.455 e. The third-order valence-electron chi connectivity index (χ3n) is 5.76. The smallest absolute Gasteiger partial charge is 0.163 e. The highest BCUT2D eigenvalue weighted by Crippen LogP contribution is 2.35. The fourth-order valence-corrected chi connectivity index (χ4v) is 4.25. The molecular weight excluding hydrogens is 392 g/mol. The van der Waals surface area contributed by atoms with Crippen molar-refractivity contribution >= 4 is 21.9 Å². The molecule has 2 aromatic heterocycles. The Morgan fingerprint density at radius 2 is 1.31 bits per heavy atom. The molecule has 0 saturated carbocycles. The van der Waals surface area contributed by atoms with Crippen LogP contribution in [-0.4, -0.2) is 9.97 Å². The number of nitrogens with zero attached hydrogens (tertiary/aromatic N) is 2. The van der Waals surface area contributed by atoms with Gasteiger partial charge in [0.15, 0.2) is 5.82 Å². The number of furan rings is 1. The van der Waals surface area contributed by atoms with Gasteiger partial charge < -0.3 is 4.42 Å². The van der Waals surface area contributed by atoms with E-state index < -0.39 is 0 Å². The van der Waals surface area contributed by atoms with E-state index in [4.69, 9.17) is 14.4 Å². The highest BCUT2D eigenvalue weighted by molar-refractivity contribution is 6.09. The molecule has 0 unspecified atom stereocenters. The van der Waals surface area contributed by atoms with Crippen LogP contribution in [0.1, 0.15) is 5.69 Å². The highest BCUT2D eigenvalue weighted by atomic mass is 16.3. The molecule has 6 aromatic rings. The maximum atomic E-state index is 6.22. The minimum atomic E-state index is 0.676. The fraction of sp³-hybridized carbons (Fsp3) is 0.0345. The normalized spacial score (nSPS) is 11.3. The fourth-order valence-electron chi connectivity index (χ4n) is 4.25. The molecule has 3 nitrogen and oxygen atoms in total. The first-order valence-corrected chi connectivity index (χ1v) is 10.7. The monoisotopic (exact) mass is 412 g/mol. The second kappa shape index (κ2) is 7.47. The van der Waals surface area contributed by atoms with Crippen LogP contribution in [0.15, 0.2) is 108 Å². The van der Waals surface area contributed by atoms with Crippen LogP contribution in [0.25, 0.3) is 55.7 Å². The number of para-hydroxylation sites is 2. The van der Waals surface area contributed by atoms with Gasteiger partial charge in [0.25, 0.3) is 0 Å². The van der Waals surface area contributed by atoms with Gasteiger partial charge in [0.2, 0.25) is 0 Å². The van der Waals surface area contributed by atoms with Crippen LogP contribution in [0.3, 0.4) is 0 Å². The molecular formula is C29H20N2O. The summed E-state index contributed by atoms with van der Waals surface area (Å²) in [6.07, 6.45) is 0. The Bertz CT molecular complexity index is 1580. The van der Waals surface area contributed by atoms with E-state index in [0.717, 1.165) is 44.5 Å². The highest BCUT2D eigenvalue weighted by Gasteiger charge is 2.15. The Morgan fingerprint density at radius 1 is 0.594 bits per heavy atom. The number of hydrogen-bond donors (Lipinski definition) is 0. The van der Waals surface area contributed by atoms with Crippen molar-refractivity contribution in [1.82, 2.24) is 9.97 Å². The van der Waals surface area contributed by atoms with E-state index in [-0.39, 0.29) is 0 Å². The standard InChI is InChI=1S/C29H20N2O/c1-19-17-26(22-12-7-11-21(18-22)20-9-3-2-4-10-20)31-29(30-19)25-15-8-14-24-23-13-5-6-16-27(23)32-28(24)25/h2-18H,1H3. The lowest BCUT2D eigenvalue weighted by molar-refractivity contribution is 0.669. The molecule has 0 bridgehead atoms. The summed E-state index contributed by atoms with van der Waals surface area (Å²) in [7, 11) is 0. The van der Waals surface area contributed by atoms with Gasteiger partial charge >= 0.3 is 0 Å². The van der Waals surface area contributed by atoms with E-state index in [9.17, 15) is 0 Å². The van der Waals surface area contributed by atoms with Crippen LogP contribution < -0.4 is 0 Å². The number of benzene rings is 4. The van der Waals surface area contributed by atoms with Gasteiger partial charge in [0.05, 0.1) is 11.3 Å². The number of rotatable bonds is 3. The molecule has 0 fully saturated rings. The quantitative estimate of drug-likeness (QED) is 0.299. The Kier molecular flexibility index (Phi) is 4.32. The third kappa shape index (κ3) is 3.15. The van der Waals surface area contributed by atoms with Crippen molar-refractivity contribution in [1.29, 1.82) is 0 Å². The predicted octanol–water partition coefficient (Wildman–Crippen LogP) is 7.69. The molecule has 0 atom stereocenters. The second-order valence-corrected chi connectivity index (χ2v) is 7.95. The molecule has 152 valence electrons. The lowest BCUT2D eigenvalue weighted by Crippen LogP contribution is -1.95. The van der Waals surface area contributed by atoms with Crippen LogP contribution in [0.2, 0.25) is 0 Å². The molecule has 0 N–H and O–H groups in total. The van der Waals surface area contributed by atoms with Crippen LogP contribution in [0.4, 0.5) is 0 Å². The van der Waals surface area contributed by atoms with Gasteiger partial charge in [-0.25, -0.2) is 9.97 Å². The summed E-state index contributed by atoms with van der Waals surface area (Å²) in [5, 5.41) is 2.18. The van der Waals surface area contributed by atoms with Crippen LogP contribution >= 0.6 is 0 Å². The number of aryl methyl sites for hydroxylation is 1. The molecule has 6 rings (SSSR count). The maximum Gasteiger partial charge on any atom is 0.163 e. The van der Waals surface area contributed by atoms with Gasteiger partial charge in [-0.15, -0.1) is 0 Å². The summed E-state index contributed by atoms with van der Waals surface area (Å²) < 4.78 is 6.22. The predicted molar refractivity (Wildman–Crippen MR) is 130 cm³/mol. The summed E-state index contributed by atoms with van der Waals surface area (Å²) in [5.74, 6) is 0.676. The summed E-state index contributed by atoms with van der Waals surface area (Å²) in [6.45, 7) is 2.01. The number of aromatic nitrogens is 2. The van der Waals surface area contributed by atoms with Crippen LogP contribution in [-0.2, 0) is 0 Å². The van der Waals surface area contributed by atoms with Gasteiger partial charge in [-0.05, 0) is 42.3 Å². The van der Waals surface area contributed by atoms with Crippen molar-refractivity contribution < 1.29 is 4.42 Å². The number of hydrogen-bond acceptors (Lipinski definition) is 3. The van der Waals surface area contributed by atoms with Crippen molar-refractivity contribution in [2.45, 2.75) is 6.92 Å². The van der Waals surface area contributed by atoms with E-state index in [0.29, 0.717) is 5.82 Å². The molecule has 32 heavy (non-hydrogen) atoms. The Labute approximate surface area is 186 Å². The lowest BCUT2D eigenvalue weighted by Gasteiger charge is -2.09. The molecule has 0 saturated heterocycles. The molecule has 0 aliphatic carbocycles. The molecule has 0 aliphatic heterocycles. The Balaban J connectivity index is 1.51. The maximum absolute atomic E-state index is 6.22. The first-order chi connectivity index (χ1) is 15.8. The van der Waals surface area contributed by atoms with E-state index in [1.807, 2.05) is 49.4 Å². The largest absolute Gasteiger partial charge is 0.455 e. The zero-order chi connectivity index (χ0) is 21.5. The van der Waals surface area contributed by atoms with E-state index in [1.54, 1.807) is 0 Å². The van der Waals surface area contributed by atoms with Gasteiger partial charge in [0.1, 0.15) is 11.2 Å². The number of fused-ring (bicyclic) bond motifs is 3. The van der Waals surface area contributed by atoms with Crippen molar-refractivity contribution in [3.8, 4) is 33.8 Å². The molecule has 3 heteroatoms. The SMILES string of the molecule is Cc1cc(-c2cccc(-c3ccccc3)c2)nc(-c2cccc3c2oc2ccccc23)n1. The first kappa shape index (κ1) is 18.5. The Morgan fingerprint density at radius 3 is 2.22 bits per heavy atom. The van der Waals surface area contributed by atoms with Gasteiger partial charge in [0, 0.05) is 22.0 Å². The topological polar surface area (TPSA) is 38.9 Å². The zero-order valence-corrected chi connectivity index (χ0v) is 17.6. The zero-order valence-electron chi connectivity index (χ0n) is 17.6. The molecule has 0 aliphatic rings. The molecule has 0 radical (unpaired) electrons. The average Bonchev–Trinajstić information content (AvgIpc) is 3.23. The first-order valence-electron chi connectivity index (χ1n) is 10.7. The van der Waals surface area contributed by atoms with Crippen molar-refractivity contribution in [2.24, 2.45) is 0 Å². The molecule has 4 aromatic carbocycles. The second-order valence-electron chi connectivity index (χ2n) is 7.95.